The number of nitrogens with zero attached hydrogens (tertiary/aromatic N) is 2. The zero-order valence-corrected chi connectivity index (χ0v) is 11.2. The highest BCUT2D eigenvalue weighted by Crippen LogP contribution is 2.28. The fraction of sp³-hybridized carbons (Fsp3) is 0.250. The molecule has 0 spiro atoms. The second-order valence-electron chi connectivity index (χ2n) is 5.02. The summed E-state index contributed by atoms with van der Waals surface area (Å²) in [6.07, 6.45) is 3.73. The monoisotopic (exact) mass is 267 g/mol. The number of nitrogens with two attached hydrogens (primary N) is 1. The van der Waals surface area contributed by atoms with Crippen LogP contribution in [-0.4, -0.2) is 24.0 Å². The molecule has 20 heavy (non-hydrogen) atoms. The van der Waals surface area contributed by atoms with E-state index in [9.17, 15) is 4.79 Å². The molecule has 1 aromatic heterocycles. The van der Waals surface area contributed by atoms with Gasteiger partial charge in [0.1, 0.15) is 0 Å². The predicted molar refractivity (Wildman–Crippen MR) is 78.8 cm³/mol. The van der Waals surface area contributed by atoms with E-state index in [0.717, 1.165) is 31.6 Å². The highest BCUT2D eigenvalue weighted by molar-refractivity contribution is 5.93. The second kappa shape index (κ2) is 5.33. The molecule has 0 unspecified atom stereocenters. The average molecular weight is 267 g/mol. The minimum Gasteiger partial charge on any atom is -0.371 e. The molecule has 2 N–H and O–H groups in total. The van der Waals surface area contributed by atoms with Crippen LogP contribution in [0.5, 0.6) is 0 Å². The third-order valence-electron chi connectivity index (χ3n) is 3.72. The molecule has 0 aliphatic carbocycles. The van der Waals surface area contributed by atoms with Crippen molar-refractivity contribution in [3.8, 4) is 0 Å². The van der Waals surface area contributed by atoms with Gasteiger partial charge in [0.05, 0.1) is 0 Å². The molecule has 0 saturated heterocycles. The number of hydrogen-bond donors (Lipinski definition) is 1. The number of carbonyl (C=O) groups is 1. The van der Waals surface area contributed by atoms with E-state index in [-0.39, 0.29) is 5.91 Å². The van der Waals surface area contributed by atoms with Crippen molar-refractivity contribution in [3.63, 3.8) is 0 Å². The van der Waals surface area contributed by atoms with Crippen LogP contribution >= 0.6 is 0 Å². The highest BCUT2D eigenvalue weighted by atomic mass is 16.1. The Balaban J connectivity index is 1.72. The summed E-state index contributed by atoms with van der Waals surface area (Å²) in [5.41, 5.74) is 9.44. The molecule has 1 aliphatic rings. The number of aromatic nitrogens is 1. The largest absolute Gasteiger partial charge is 0.371 e. The predicted octanol–water partition coefficient (Wildman–Crippen LogP) is 1.79. The molecule has 0 fully saturated rings. The number of benzene rings is 1. The Morgan fingerprint density at radius 1 is 1.30 bits per heavy atom. The maximum Gasteiger partial charge on any atom is 0.248 e. The van der Waals surface area contributed by atoms with E-state index in [1.54, 1.807) is 6.07 Å². The van der Waals surface area contributed by atoms with Crippen LogP contribution in [0.3, 0.4) is 0 Å². The van der Waals surface area contributed by atoms with Crippen molar-refractivity contribution in [1.29, 1.82) is 0 Å². The molecule has 4 heteroatoms. The number of primary amides is 1. The molecule has 1 amide bonds. The van der Waals surface area contributed by atoms with Gasteiger partial charge < -0.3 is 10.6 Å². The van der Waals surface area contributed by atoms with Crippen molar-refractivity contribution in [1.82, 2.24) is 4.98 Å². The van der Waals surface area contributed by atoms with E-state index < -0.39 is 0 Å². The maximum atomic E-state index is 11.2. The van der Waals surface area contributed by atoms with Gasteiger partial charge in [-0.25, -0.2) is 0 Å². The lowest BCUT2D eigenvalue weighted by Gasteiger charge is -2.19. The van der Waals surface area contributed by atoms with E-state index >= 15 is 0 Å². The number of pyridine rings is 1. The number of amides is 1. The van der Waals surface area contributed by atoms with Gasteiger partial charge in [0.2, 0.25) is 5.91 Å². The summed E-state index contributed by atoms with van der Waals surface area (Å²) >= 11 is 0. The zero-order valence-electron chi connectivity index (χ0n) is 11.2. The van der Waals surface area contributed by atoms with E-state index in [4.69, 9.17) is 5.73 Å². The third-order valence-corrected chi connectivity index (χ3v) is 3.72. The van der Waals surface area contributed by atoms with Crippen LogP contribution in [0.2, 0.25) is 0 Å². The van der Waals surface area contributed by atoms with Gasteiger partial charge in [-0.05, 0) is 42.3 Å². The third kappa shape index (κ3) is 2.50. The quantitative estimate of drug-likeness (QED) is 0.918. The zero-order chi connectivity index (χ0) is 13.9. The Labute approximate surface area is 118 Å². The maximum absolute atomic E-state index is 11.2. The smallest absolute Gasteiger partial charge is 0.248 e. The van der Waals surface area contributed by atoms with Crippen molar-refractivity contribution in [2.75, 3.05) is 18.0 Å². The normalized spacial score (nSPS) is 13.3. The lowest BCUT2D eigenvalue weighted by molar-refractivity contribution is 0.1000. The fourth-order valence-corrected chi connectivity index (χ4v) is 2.65. The number of rotatable bonds is 4. The van der Waals surface area contributed by atoms with Gasteiger partial charge in [-0.15, -0.1) is 0 Å². The molecular formula is C16H17N3O. The topological polar surface area (TPSA) is 59.2 Å². The van der Waals surface area contributed by atoms with Crippen LogP contribution in [0.1, 0.15) is 21.6 Å². The van der Waals surface area contributed by atoms with Crippen molar-refractivity contribution in [2.45, 2.75) is 12.8 Å². The molecule has 1 aliphatic heterocycles. The van der Waals surface area contributed by atoms with Gasteiger partial charge in [0.15, 0.2) is 0 Å². The lowest BCUT2D eigenvalue weighted by atomic mass is 10.1. The minimum atomic E-state index is -0.361. The Hall–Kier alpha value is -2.36. The molecule has 0 saturated carbocycles. The van der Waals surface area contributed by atoms with Crippen LogP contribution in [0, 0.1) is 0 Å². The first-order valence-corrected chi connectivity index (χ1v) is 6.81. The Kier molecular flexibility index (Phi) is 3.37. The number of anilines is 1. The molecule has 102 valence electrons. The average Bonchev–Trinajstić information content (AvgIpc) is 2.88. The molecule has 0 bridgehead atoms. The number of fused-ring (bicyclic) bond motifs is 1. The van der Waals surface area contributed by atoms with Crippen LogP contribution < -0.4 is 10.6 Å². The van der Waals surface area contributed by atoms with E-state index in [2.05, 4.69) is 9.88 Å². The number of hydrogen-bond acceptors (Lipinski definition) is 3. The molecule has 2 aromatic rings. The molecule has 3 rings (SSSR count). The van der Waals surface area contributed by atoms with Crippen LogP contribution in [0.4, 0.5) is 5.69 Å². The van der Waals surface area contributed by atoms with Crippen molar-refractivity contribution >= 4 is 11.6 Å². The van der Waals surface area contributed by atoms with Crippen LogP contribution in [0.15, 0.2) is 42.6 Å². The summed E-state index contributed by atoms with van der Waals surface area (Å²) in [5.74, 6) is -0.361. The van der Waals surface area contributed by atoms with Crippen molar-refractivity contribution < 1.29 is 4.79 Å². The molecule has 0 radical (unpaired) electrons. The molecule has 0 atom stereocenters. The van der Waals surface area contributed by atoms with E-state index in [0.29, 0.717) is 5.56 Å². The first-order valence-electron chi connectivity index (χ1n) is 6.81. The first kappa shape index (κ1) is 12.7. The minimum absolute atomic E-state index is 0.361. The van der Waals surface area contributed by atoms with Gasteiger partial charge >= 0.3 is 0 Å². The summed E-state index contributed by atoms with van der Waals surface area (Å²) in [6, 6.07) is 11.7. The van der Waals surface area contributed by atoms with Gasteiger partial charge in [0, 0.05) is 42.7 Å². The van der Waals surface area contributed by atoms with E-state index in [1.165, 1.54) is 11.3 Å². The standard InChI is InChI=1S/C16H17N3O/c17-16(20)13-4-5-15-12(11-13)6-9-19(15)10-7-14-3-1-2-8-18-14/h1-5,8,11H,6-7,9-10H2,(H2,17,20). The highest BCUT2D eigenvalue weighted by Gasteiger charge is 2.19. The van der Waals surface area contributed by atoms with Gasteiger partial charge in [-0.1, -0.05) is 6.07 Å². The first-order chi connectivity index (χ1) is 9.74. The molecular weight excluding hydrogens is 250 g/mol. The van der Waals surface area contributed by atoms with Crippen molar-refractivity contribution in [2.24, 2.45) is 5.73 Å². The Morgan fingerprint density at radius 3 is 2.95 bits per heavy atom. The molecule has 2 heterocycles. The van der Waals surface area contributed by atoms with Crippen molar-refractivity contribution in [3.05, 3.63) is 59.4 Å². The van der Waals surface area contributed by atoms with Crippen LogP contribution in [-0.2, 0) is 12.8 Å². The van der Waals surface area contributed by atoms with E-state index in [1.807, 2.05) is 36.5 Å². The SMILES string of the molecule is NC(=O)c1ccc2c(c1)CCN2CCc1ccccn1. The number of carbonyl (C=O) groups excluding carboxylic acids is 1. The summed E-state index contributed by atoms with van der Waals surface area (Å²) in [5, 5.41) is 0. The van der Waals surface area contributed by atoms with Crippen LogP contribution in [0.25, 0.3) is 0 Å². The van der Waals surface area contributed by atoms with Gasteiger partial charge in [-0.2, -0.15) is 0 Å². The summed E-state index contributed by atoms with van der Waals surface area (Å²) in [4.78, 5) is 17.9. The Morgan fingerprint density at radius 2 is 2.20 bits per heavy atom. The molecule has 1 aromatic carbocycles. The van der Waals surface area contributed by atoms with Gasteiger partial charge in [-0.3, -0.25) is 9.78 Å². The fourth-order valence-electron chi connectivity index (χ4n) is 2.65. The van der Waals surface area contributed by atoms with Gasteiger partial charge in [0.25, 0.3) is 0 Å². The summed E-state index contributed by atoms with van der Waals surface area (Å²) < 4.78 is 0. The summed E-state index contributed by atoms with van der Waals surface area (Å²) in [7, 11) is 0. The molecule has 4 nitrogen and oxygen atoms in total. The Bertz CT molecular complexity index is 625. The second-order valence-corrected chi connectivity index (χ2v) is 5.02. The lowest BCUT2D eigenvalue weighted by Crippen LogP contribution is -2.23. The summed E-state index contributed by atoms with van der Waals surface area (Å²) in [6.45, 7) is 1.93.